The zero-order valence-electron chi connectivity index (χ0n) is 16.8. The van der Waals surface area contributed by atoms with Crippen LogP contribution >= 0.6 is 11.3 Å². The lowest BCUT2D eigenvalue weighted by Crippen LogP contribution is -2.26. The van der Waals surface area contributed by atoms with Gasteiger partial charge in [0.1, 0.15) is 5.82 Å². The fourth-order valence-electron chi connectivity index (χ4n) is 3.21. The molecule has 4 nitrogen and oxygen atoms in total. The van der Waals surface area contributed by atoms with Gasteiger partial charge in [0.25, 0.3) is 5.91 Å². The zero-order valence-corrected chi connectivity index (χ0v) is 17.6. The van der Waals surface area contributed by atoms with Gasteiger partial charge in [0.05, 0.1) is 27.7 Å². The summed E-state index contributed by atoms with van der Waals surface area (Å²) in [7, 11) is 0. The van der Waals surface area contributed by atoms with E-state index in [-0.39, 0.29) is 31.0 Å². The smallest absolute Gasteiger partial charge is 0.395 e. The number of aliphatic hydroxyl groups is 1. The van der Waals surface area contributed by atoms with E-state index in [1.807, 2.05) is 6.07 Å². The van der Waals surface area contributed by atoms with Crippen LogP contribution in [-0.2, 0) is 12.6 Å². The number of aliphatic hydroxyl groups excluding tert-OH is 1. The molecule has 1 heterocycles. The van der Waals surface area contributed by atoms with Crippen LogP contribution in [0.25, 0.3) is 10.4 Å². The van der Waals surface area contributed by atoms with Gasteiger partial charge in [0.2, 0.25) is 0 Å². The Morgan fingerprint density at radius 3 is 2.55 bits per heavy atom. The Hall–Kier alpha value is -2.78. The molecule has 0 fully saturated rings. The van der Waals surface area contributed by atoms with Gasteiger partial charge in [-0.3, -0.25) is 4.79 Å². The Kier molecular flexibility index (Phi) is 6.76. The number of alkyl halides is 3. The SMILES string of the molecule is Cc1cc(-c2sc(Cc3cc(F)cc(C(F)(F)F)c3)nc2C)ccc1C(=O)NCCO. The molecule has 0 spiro atoms. The maximum Gasteiger partial charge on any atom is 0.416 e. The average Bonchev–Trinajstić information content (AvgIpc) is 3.04. The monoisotopic (exact) mass is 452 g/mol. The zero-order chi connectivity index (χ0) is 22.8. The number of nitrogens with zero attached hydrogens (tertiary/aromatic N) is 1. The van der Waals surface area contributed by atoms with E-state index in [2.05, 4.69) is 10.3 Å². The predicted octanol–water partition coefficient (Wildman–Crippen LogP) is 4.90. The average molecular weight is 452 g/mol. The van der Waals surface area contributed by atoms with Gasteiger partial charge in [-0.1, -0.05) is 6.07 Å². The third-order valence-electron chi connectivity index (χ3n) is 4.61. The van der Waals surface area contributed by atoms with Crippen LogP contribution in [0.2, 0.25) is 0 Å². The fourth-order valence-corrected chi connectivity index (χ4v) is 4.31. The Morgan fingerprint density at radius 1 is 1.16 bits per heavy atom. The first-order valence-corrected chi connectivity index (χ1v) is 10.2. The molecule has 9 heteroatoms. The van der Waals surface area contributed by atoms with Crippen LogP contribution in [0.15, 0.2) is 36.4 Å². The van der Waals surface area contributed by atoms with Crippen LogP contribution in [0.1, 0.15) is 37.7 Å². The molecule has 0 aliphatic carbocycles. The van der Waals surface area contributed by atoms with Crippen LogP contribution in [0.4, 0.5) is 17.6 Å². The molecule has 0 saturated carbocycles. The molecule has 0 radical (unpaired) electrons. The third kappa shape index (κ3) is 5.48. The molecule has 0 aliphatic heterocycles. The first kappa shape index (κ1) is 22.9. The number of nitrogens with one attached hydrogen (secondary N) is 1. The molecule has 1 amide bonds. The number of hydrogen-bond acceptors (Lipinski definition) is 4. The molecule has 0 unspecified atom stereocenters. The summed E-state index contributed by atoms with van der Waals surface area (Å²) in [4.78, 5) is 17.4. The Balaban J connectivity index is 1.86. The van der Waals surface area contributed by atoms with E-state index in [0.717, 1.165) is 28.1 Å². The number of carbonyl (C=O) groups is 1. The lowest BCUT2D eigenvalue weighted by Gasteiger charge is -2.09. The molecule has 1 aromatic heterocycles. The summed E-state index contributed by atoms with van der Waals surface area (Å²) in [6.07, 6.45) is -4.55. The first-order chi connectivity index (χ1) is 14.6. The van der Waals surface area contributed by atoms with Crippen LogP contribution < -0.4 is 5.32 Å². The second kappa shape index (κ2) is 9.15. The van der Waals surface area contributed by atoms with Gasteiger partial charge in [-0.15, -0.1) is 11.3 Å². The molecule has 0 saturated heterocycles. The van der Waals surface area contributed by atoms with Gasteiger partial charge in [-0.2, -0.15) is 13.2 Å². The molecule has 164 valence electrons. The summed E-state index contributed by atoms with van der Waals surface area (Å²) in [6, 6.07) is 7.78. The van der Waals surface area contributed by atoms with Crippen LogP contribution in [-0.4, -0.2) is 29.1 Å². The molecule has 2 aromatic carbocycles. The van der Waals surface area contributed by atoms with Crippen molar-refractivity contribution in [2.24, 2.45) is 0 Å². The number of aromatic nitrogens is 1. The van der Waals surface area contributed by atoms with Crippen LogP contribution in [0, 0.1) is 19.7 Å². The van der Waals surface area contributed by atoms with Crippen molar-refractivity contribution in [3.8, 4) is 10.4 Å². The fraction of sp³-hybridized carbons (Fsp3) is 0.273. The standard InChI is InChI=1S/C22H20F4N2O2S/c1-12-7-15(3-4-18(12)21(30)27-5-6-29)20-13(2)28-19(31-20)10-14-8-16(22(24,25)26)11-17(23)9-14/h3-4,7-9,11,29H,5-6,10H2,1-2H3,(H,27,30). The maximum absolute atomic E-state index is 13.7. The second-order valence-corrected chi connectivity index (χ2v) is 8.14. The van der Waals surface area contributed by atoms with Gasteiger partial charge in [0, 0.05) is 18.5 Å². The highest BCUT2D eigenvalue weighted by Gasteiger charge is 2.31. The van der Waals surface area contributed by atoms with Crippen molar-refractivity contribution in [2.75, 3.05) is 13.2 Å². The highest BCUT2D eigenvalue weighted by atomic mass is 32.1. The van der Waals surface area contributed by atoms with Crippen molar-refractivity contribution in [2.45, 2.75) is 26.4 Å². The minimum Gasteiger partial charge on any atom is -0.395 e. The minimum atomic E-state index is -4.62. The van der Waals surface area contributed by atoms with Crippen LogP contribution in [0.3, 0.4) is 0 Å². The molecule has 3 aromatic rings. The Morgan fingerprint density at radius 2 is 1.90 bits per heavy atom. The van der Waals surface area contributed by atoms with Gasteiger partial charge >= 0.3 is 6.18 Å². The third-order valence-corrected chi connectivity index (χ3v) is 5.82. The first-order valence-electron chi connectivity index (χ1n) is 9.41. The van der Waals surface area contributed by atoms with Gasteiger partial charge in [0.15, 0.2) is 0 Å². The van der Waals surface area contributed by atoms with Crippen molar-refractivity contribution >= 4 is 17.2 Å². The summed E-state index contributed by atoms with van der Waals surface area (Å²) in [5, 5.41) is 12.0. The molecular weight excluding hydrogens is 432 g/mol. The minimum absolute atomic E-state index is 0.0764. The quantitative estimate of drug-likeness (QED) is 0.523. The number of aryl methyl sites for hydroxylation is 2. The number of halogens is 4. The molecule has 0 bridgehead atoms. The van der Waals surface area contributed by atoms with Gasteiger partial charge in [-0.05, 0) is 60.9 Å². The number of amides is 1. The lowest BCUT2D eigenvalue weighted by molar-refractivity contribution is -0.137. The maximum atomic E-state index is 13.7. The molecule has 0 aliphatic rings. The number of benzene rings is 2. The number of rotatable bonds is 6. The molecule has 31 heavy (non-hydrogen) atoms. The van der Waals surface area contributed by atoms with E-state index in [9.17, 15) is 22.4 Å². The summed E-state index contributed by atoms with van der Waals surface area (Å²) >= 11 is 1.32. The van der Waals surface area contributed by atoms with Gasteiger partial charge in [-0.25, -0.2) is 9.37 Å². The van der Waals surface area contributed by atoms with Crippen molar-refractivity contribution in [1.29, 1.82) is 0 Å². The lowest BCUT2D eigenvalue weighted by atomic mass is 10.0. The van der Waals surface area contributed by atoms with Crippen molar-refractivity contribution in [3.05, 3.63) is 75.2 Å². The Labute approximate surface area is 180 Å². The number of thiazole rings is 1. The van der Waals surface area contributed by atoms with E-state index >= 15 is 0 Å². The van der Waals surface area contributed by atoms with Crippen molar-refractivity contribution in [1.82, 2.24) is 10.3 Å². The van der Waals surface area contributed by atoms with Crippen molar-refractivity contribution < 1.29 is 27.5 Å². The predicted molar refractivity (Wildman–Crippen MR) is 111 cm³/mol. The second-order valence-electron chi connectivity index (χ2n) is 7.05. The summed E-state index contributed by atoms with van der Waals surface area (Å²) < 4.78 is 52.5. The topological polar surface area (TPSA) is 62.2 Å². The highest BCUT2D eigenvalue weighted by Crippen LogP contribution is 2.34. The van der Waals surface area contributed by atoms with Crippen molar-refractivity contribution in [3.63, 3.8) is 0 Å². The summed E-state index contributed by atoms with van der Waals surface area (Å²) in [6.45, 7) is 3.59. The molecule has 3 rings (SSSR count). The van der Waals surface area contributed by atoms with E-state index < -0.39 is 17.6 Å². The highest BCUT2D eigenvalue weighted by molar-refractivity contribution is 7.15. The van der Waals surface area contributed by atoms with E-state index in [1.165, 1.54) is 11.3 Å². The number of carbonyl (C=O) groups excluding carboxylic acids is 1. The Bertz CT molecular complexity index is 1110. The largest absolute Gasteiger partial charge is 0.416 e. The van der Waals surface area contributed by atoms with Crippen LogP contribution in [0.5, 0.6) is 0 Å². The van der Waals surface area contributed by atoms with E-state index in [0.29, 0.717) is 22.3 Å². The normalized spacial score (nSPS) is 11.6. The molecule has 0 atom stereocenters. The number of hydrogen-bond donors (Lipinski definition) is 2. The van der Waals surface area contributed by atoms with Gasteiger partial charge < -0.3 is 10.4 Å². The summed E-state index contributed by atoms with van der Waals surface area (Å²) in [5.41, 5.74) is 1.92. The van der Waals surface area contributed by atoms with E-state index in [1.54, 1.807) is 26.0 Å². The summed E-state index contributed by atoms with van der Waals surface area (Å²) in [5.74, 6) is -1.23. The molecular formula is C22H20F4N2O2S. The van der Waals surface area contributed by atoms with E-state index in [4.69, 9.17) is 5.11 Å². The molecule has 2 N–H and O–H groups in total.